The Morgan fingerprint density at radius 2 is 2.12 bits per heavy atom. The van der Waals surface area contributed by atoms with Gasteiger partial charge in [-0.15, -0.1) is 0 Å². The minimum absolute atomic E-state index is 0.0233. The summed E-state index contributed by atoms with van der Waals surface area (Å²) in [6.07, 6.45) is 5.70. The molecule has 24 heavy (non-hydrogen) atoms. The van der Waals surface area contributed by atoms with E-state index in [0.717, 1.165) is 19.5 Å². The zero-order valence-corrected chi connectivity index (χ0v) is 14.3. The molecule has 5 heteroatoms. The number of hydrogen-bond acceptors (Lipinski definition) is 4. The Kier molecular flexibility index (Phi) is 5.20. The van der Waals surface area contributed by atoms with E-state index in [-0.39, 0.29) is 11.9 Å². The van der Waals surface area contributed by atoms with Crippen LogP contribution in [0, 0.1) is 0 Å². The molecule has 2 unspecified atom stereocenters. The third kappa shape index (κ3) is 3.46. The summed E-state index contributed by atoms with van der Waals surface area (Å²) in [7, 11) is 0. The lowest BCUT2D eigenvalue weighted by Gasteiger charge is -2.29. The maximum Gasteiger partial charge on any atom is 0.274 e. The van der Waals surface area contributed by atoms with Gasteiger partial charge < -0.3 is 4.90 Å². The number of benzene rings is 1. The normalized spacial score (nSPS) is 19.2. The van der Waals surface area contributed by atoms with Gasteiger partial charge in [0, 0.05) is 44.1 Å². The number of nitrogens with zero attached hydrogens (tertiary/aromatic N) is 4. The lowest BCUT2D eigenvalue weighted by atomic mass is 10.1. The number of carbonyl (C=O) groups is 1. The molecule has 0 radical (unpaired) electrons. The standard InChI is InChI=1S/C19H24N4O/c1-3-23(19(24)18-13-20-10-11-21-18)17-9-12-22(14-17)15(2)16-7-5-4-6-8-16/h4-8,10-11,13,15,17H,3,9,12,14H2,1-2H3. The monoisotopic (exact) mass is 324 g/mol. The quantitative estimate of drug-likeness (QED) is 0.848. The Hall–Kier alpha value is -2.27. The van der Waals surface area contributed by atoms with Crippen molar-refractivity contribution in [1.82, 2.24) is 19.8 Å². The van der Waals surface area contributed by atoms with Gasteiger partial charge in [0.2, 0.25) is 0 Å². The Morgan fingerprint density at radius 3 is 2.79 bits per heavy atom. The third-order valence-electron chi connectivity index (χ3n) is 4.85. The van der Waals surface area contributed by atoms with Crippen LogP contribution < -0.4 is 0 Å². The van der Waals surface area contributed by atoms with Gasteiger partial charge in [-0.2, -0.15) is 0 Å². The van der Waals surface area contributed by atoms with Crippen molar-refractivity contribution in [3.8, 4) is 0 Å². The van der Waals surface area contributed by atoms with Crippen molar-refractivity contribution in [3.63, 3.8) is 0 Å². The van der Waals surface area contributed by atoms with E-state index in [2.05, 4.69) is 46.1 Å². The van der Waals surface area contributed by atoms with Crippen LogP contribution in [0.4, 0.5) is 0 Å². The summed E-state index contributed by atoms with van der Waals surface area (Å²) in [6, 6.07) is 11.1. The summed E-state index contributed by atoms with van der Waals surface area (Å²) < 4.78 is 0. The Bertz CT molecular complexity index is 662. The van der Waals surface area contributed by atoms with Crippen molar-refractivity contribution in [2.45, 2.75) is 32.4 Å². The molecule has 1 aliphatic heterocycles. The van der Waals surface area contributed by atoms with Crippen LogP contribution in [-0.2, 0) is 0 Å². The number of rotatable bonds is 5. The highest BCUT2D eigenvalue weighted by Gasteiger charge is 2.33. The highest BCUT2D eigenvalue weighted by molar-refractivity contribution is 5.92. The highest BCUT2D eigenvalue weighted by atomic mass is 16.2. The lowest BCUT2D eigenvalue weighted by Crippen LogP contribution is -2.42. The van der Waals surface area contributed by atoms with E-state index in [0.29, 0.717) is 18.3 Å². The molecule has 2 aromatic rings. The van der Waals surface area contributed by atoms with Crippen molar-refractivity contribution >= 4 is 5.91 Å². The van der Waals surface area contributed by atoms with E-state index in [1.807, 2.05) is 17.9 Å². The predicted octanol–water partition coefficient (Wildman–Crippen LogP) is 2.77. The van der Waals surface area contributed by atoms with Gasteiger partial charge in [0.05, 0.1) is 6.20 Å². The average Bonchev–Trinajstić information content (AvgIpc) is 3.13. The molecule has 3 rings (SSSR count). The molecule has 0 bridgehead atoms. The van der Waals surface area contributed by atoms with E-state index in [1.54, 1.807) is 18.6 Å². The fourth-order valence-electron chi connectivity index (χ4n) is 3.44. The van der Waals surface area contributed by atoms with E-state index >= 15 is 0 Å². The molecule has 0 aliphatic carbocycles. The fourth-order valence-corrected chi connectivity index (χ4v) is 3.44. The van der Waals surface area contributed by atoms with E-state index < -0.39 is 0 Å². The molecule has 1 saturated heterocycles. The topological polar surface area (TPSA) is 49.3 Å². The van der Waals surface area contributed by atoms with E-state index in [4.69, 9.17) is 0 Å². The highest BCUT2D eigenvalue weighted by Crippen LogP contribution is 2.27. The summed E-state index contributed by atoms with van der Waals surface area (Å²) in [5, 5.41) is 0. The molecule has 2 heterocycles. The molecule has 1 amide bonds. The maximum absolute atomic E-state index is 12.7. The summed E-state index contributed by atoms with van der Waals surface area (Å²) in [4.78, 5) is 25.3. The number of amides is 1. The largest absolute Gasteiger partial charge is 0.333 e. The fraction of sp³-hybridized carbons (Fsp3) is 0.421. The van der Waals surface area contributed by atoms with Gasteiger partial charge in [0.15, 0.2) is 0 Å². The molecule has 0 spiro atoms. The summed E-state index contributed by atoms with van der Waals surface area (Å²) in [5.41, 5.74) is 1.75. The molecule has 1 fully saturated rings. The number of carbonyl (C=O) groups excluding carboxylic acids is 1. The van der Waals surface area contributed by atoms with Gasteiger partial charge in [-0.05, 0) is 25.8 Å². The van der Waals surface area contributed by atoms with Crippen LogP contribution in [0.15, 0.2) is 48.9 Å². The zero-order valence-electron chi connectivity index (χ0n) is 14.3. The van der Waals surface area contributed by atoms with Gasteiger partial charge in [0.1, 0.15) is 5.69 Å². The first-order valence-electron chi connectivity index (χ1n) is 8.56. The van der Waals surface area contributed by atoms with Crippen LogP contribution in [0.1, 0.15) is 42.4 Å². The van der Waals surface area contributed by atoms with Gasteiger partial charge >= 0.3 is 0 Å². The van der Waals surface area contributed by atoms with Crippen LogP contribution in [0.5, 0.6) is 0 Å². The first-order valence-corrected chi connectivity index (χ1v) is 8.56. The summed E-state index contributed by atoms with van der Waals surface area (Å²) in [6.45, 7) is 6.85. The van der Waals surface area contributed by atoms with Crippen LogP contribution in [-0.4, -0.2) is 51.4 Å². The van der Waals surface area contributed by atoms with Crippen molar-refractivity contribution < 1.29 is 4.79 Å². The molecule has 1 aromatic heterocycles. The second kappa shape index (κ2) is 7.53. The van der Waals surface area contributed by atoms with Crippen LogP contribution in [0.2, 0.25) is 0 Å². The van der Waals surface area contributed by atoms with Crippen molar-refractivity contribution in [3.05, 3.63) is 60.2 Å². The Balaban J connectivity index is 1.68. The van der Waals surface area contributed by atoms with Gasteiger partial charge in [-0.25, -0.2) is 4.98 Å². The number of likely N-dealkylation sites (tertiary alicyclic amines) is 1. The molecule has 2 atom stereocenters. The van der Waals surface area contributed by atoms with Crippen molar-refractivity contribution in [2.24, 2.45) is 0 Å². The van der Waals surface area contributed by atoms with Crippen LogP contribution >= 0.6 is 0 Å². The molecule has 0 N–H and O–H groups in total. The van der Waals surface area contributed by atoms with Crippen LogP contribution in [0.3, 0.4) is 0 Å². The average molecular weight is 324 g/mol. The molecule has 5 nitrogen and oxygen atoms in total. The number of aromatic nitrogens is 2. The Labute approximate surface area is 143 Å². The summed E-state index contributed by atoms with van der Waals surface area (Å²) >= 11 is 0. The molecular weight excluding hydrogens is 300 g/mol. The van der Waals surface area contributed by atoms with E-state index in [9.17, 15) is 4.79 Å². The zero-order chi connectivity index (χ0) is 16.9. The second-order valence-electron chi connectivity index (χ2n) is 6.21. The molecule has 126 valence electrons. The lowest BCUT2D eigenvalue weighted by molar-refractivity contribution is 0.0683. The smallest absolute Gasteiger partial charge is 0.274 e. The minimum atomic E-state index is -0.0233. The van der Waals surface area contributed by atoms with Crippen molar-refractivity contribution in [2.75, 3.05) is 19.6 Å². The third-order valence-corrected chi connectivity index (χ3v) is 4.85. The first kappa shape index (κ1) is 16.6. The number of hydrogen-bond donors (Lipinski definition) is 0. The second-order valence-corrected chi connectivity index (χ2v) is 6.21. The van der Waals surface area contributed by atoms with Gasteiger partial charge in [0.25, 0.3) is 5.91 Å². The number of likely N-dealkylation sites (N-methyl/N-ethyl adjacent to an activating group) is 1. The predicted molar refractivity (Wildman–Crippen MR) is 93.6 cm³/mol. The van der Waals surface area contributed by atoms with Crippen molar-refractivity contribution in [1.29, 1.82) is 0 Å². The maximum atomic E-state index is 12.7. The molecule has 1 aliphatic rings. The molecule has 0 saturated carbocycles. The SMILES string of the molecule is CCN(C(=O)c1cnccn1)C1CCN(C(C)c2ccccc2)C1. The van der Waals surface area contributed by atoms with Gasteiger partial charge in [-0.1, -0.05) is 30.3 Å². The van der Waals surface area contributed by atoms with Gasteiger partial charge in [-0.3, -0.25) is 14.7 Å². The molecule has 1 aromatic carbocycles. The molecular formula is C19H24N4O. The minimum Gasteiger partial charge on any atom is -0.333 e. The van der Waals surface area contributed by atoms with Crippen LogP contribution in [0.25, 0.3) is 0 Å². The Morgan fingerprint density at radius 1 is 1.33 bits per heavy atom. The van der Waals surface area contributed by atoms with E-state index in [1.165, 1.54) is 5.56 Å². The summed E-state index contributed by atoms with van der Waals surface area (Å²) in [5.74, 6) is -0.0233. The first-order chi connectivity index (χ1) is 11.7.